The van der Waals surface area contributed by atoms with Crippen molar-refractivity contribution in [3.05, 3.63) is 40.4 Å². The maximum Gasteiger partial charge on any atom is 0.325 e. The van der Waals surface area contributed by atoms with Gasteiger partial charge >= 0.3 is 6.03 Å². The summed E-state index contributed by atoms with van der Waals surface area (Å²) < 4.78 is 0. The summed E-state index contributed by atoms with van der Waals surface area (Å²) in [6.07, 6.45) is 4.59. The van der Waals surface area contributed by atoms with E-state index in [1.807, 2.05) is 10.3 Å². The fourth-order valence-electron chi connectivity index (χ4n) is 3.25. The van der Waals surface area contributed by atoms with Gasteiger partial charge in [0.05, 0.1) is 12.1 Å². The third-order valence-electron chi connectivity index (χ3n) is 4.63. The molecule has 2 heterocycles. The molecule has 1 atom stereocenters. The highest BCUT2D eigenvalue weighted by atomic mass is 35.5. The zero-order valence-electron chi connectivity index (χ0n) is 15.2. The molecule has 1 aromatic heterocycles. The Morgan fingerprint density at radius 1 is 1.26 bits per heavy atom. The van der Waals surface area contributed by atoms with E-state index in [9.17, 15) is 9.59 Å². The van der Waals surface area contributed by atoms with Gasteiger partial charge in [-0.25, -0.2) is 9.78 Å². The number of nitrogens with one attached hydrogen (secondary N) is 2. The van der Waals surface area contributed by atoms with E-state index in [0.717, 1.165) is 25.8 Å². The van der Waals surface area contributed by atoms with Crippen LogP contribution in [0.15, 0.2) is 29.6 Å². The number of carbonyl (C=O) groups excluding carboxylic acids is 2. The molecule has 0 spiro atoms. The molecule has 0 radical (unpaired) electrons. The van der Waals surface area contributed by atoms with Crippen LogP contribution >= 0.6 is 22.9 Å². The van der Waals surface area contributed by atoms with Crippen LogP contribution in [0.4, 0.5) is 15.6 Å². The topological polar surface area (TPSA) is 74.3 Å². The highest BCUT2D eigenvalue weighted by Crippen LogP contribution is 2.22. The van der Waals surface area contributed by atoms with Gasteiger partial charge < -0.3 is 10.2 Å². The second-order valence-corrected chi connectivity index (χ2v) is 7.85. The van der Waals surface area contributed by atoms with Gasteiger partial charge in [0.2, 0.25) is 5.91 Å². The summed E-state index contributed by atoms with van der Waals surface area (Å²) in [6, 6.07) is 6.80. The van der Waals surface area contributed by atoms with Crippen molar-refractivity contribution in [1.82, 2.24) is 9.88 Å². The number of carbonyl (C=O) groups is 2. The van der Waals surface area contributed by atoms with E-state index in [1.165, 1.54) is 17.8 Å². The molecule has 2 N–H and O–H groups in total. The molecule has 1 saturated heterocycles. The van der Waals surface area contributed by atoms with Gasteiger partial charge in [-0.15, -0.1) is 11.3 Å². The van der Waals surface area contributed by atoms with Crippen molar-refractivity contribution in [2.75, 3.05) is 17.2 Å². The number of halogens is 1. The first kappa shape index (κ1) is 19.6. The second kappa shape index (κ2) is 9.19. The molecule has 8 heteroatoms. The third-order valence-corrected chi connectivity index (χ3v) is 5.68. The first-order chi connectivity index (χ1) is 13.0. The number of aromatic nitrogens is 1. The zero-order chi connectivity index (χ0) is 19.2. The van der Waals surface area contributed by atoms with Gasteiger partial charge in [0.15, 0.2) is 5.13 Å². The summed E-state index contributed by atoms with van der Waals surface area (Å²) in [5, 5.41) is 8.31. The zero-order valence-corrected chi connectivity index (χ0v) is 16.8. The molecule has 6 nitrogen and oxygen atoms in total. The molecule has 144 valence electrons. The van der Waals surface area contributed by atoms with Crippen LogP contribution in [0, 0.1) is 0 Å². The van der Waals surface area contributed by atoms with Gasteiger partial charge in [-0.3, -0.25) is 10.1 Å². The number of hydrogen-bond donors (Lipinski definition) is 2. The van der Waals surface area contributed by atoms with Gasteiger partial charge in [-0.2, -0.15) is 0 Å². The molecule has 0 aliphatic carbocycles. The maximum atomic E-state index is 12.6. The lowest BCUT2D eigenvalue weighted by Crippen LogP contribution is -2.44. The van der Waals surface area contributed by atoms with E-state index in [-0.39, 0.29) is 18.4 Å². The molecular formula is C19H23ClN4O2S. The van der Waals surface area contributed by atoms with Crippen molar-refractivity contribution >= 4 is 45.7 Å². The van der Waals surface area contributed by atoms with Crippen molar-refractivity contribution in [2.24, 2.45) is 0 Å². The molecule has 3 amide bonds. The monoisotopic (exact) mass is 406 g/mol. The fraction of sp³-hybridized carbons (Fsp3) is 0.421. The largest absolute Gasteiger partial charge is 0.339 e. The standard InChI is InChI=1S/C19H23ClN4O2S/c1-2-16-5-3-4-10-24(16)17(25)11-15-12-27-19(22-15)23-18(26)21-14-8-6-13(20)7-9-14/h6-9,12,16H,2-5,10-11H2,1H3,(H2,21,22,23,26). The summed E-state index contributed by atoms with van der Waals surface area (Å²) >= 11 is 7.14. The van der Waals surface area contributed by atoms with Gasteiger partial charge in [-0.1, -0.05) is 18.5 Å². The number of piperidine rings is 1. The van der Waals surface area contributed by atoms with E-state index in [2.05, 4.69) is 22.5 Å². The smallest absolute Gasteiger partial charge is 0.325 e. The Morgan fingerprint density at radius 3 is 2.78 bits per heavy atom. The maximum absolute atomic E-state index is 12.6. The van der Waals surface area contributed by atoms with Crippen LogP contribution in [0.1, 0.15) is 38.3 Å². The van der Waals surface area contributed by atoms with Crippen LogP contribution in [-0.2, 0) is 11.2 Å². The van der Waals surface area contributed by atoms with Crippen LogP contribution in [0.2, 0.25) is 5.02 Å². The quantitative estimate of drug-likeness (QED) is 0.750. The third kappa shape index (κ3) is 5.43. The van der Waals surface area contributed by atoms with E-state index in [4.69, 9.17) is 11.6 Å². The molecule has 1 aliphatic rings. The molecule has 1 fully saturated rings. The Labute approximate surface area is 167 Å². The Balaban J connectivity index is 1.54. The normalized spacial score (nSPS) is 16.8. The summed E-state index contributed by atoms with van der Waals surface area (Å²) in [5.74, 6) is 0.115. The van der Waals surface area contributed by atoms with Crippen molar-refractivity contribution in [3.63, 3.8) is 0 Å². The number of amides is 3. The minimum Gasteiger partial charge on any atom is -0.339 e. The number of likely N-dealkylation sites (tertiary alicyclic amines) is 1. The number of benzene rings is 1. The number of nitrogens with zero attached hydrogens (tertiary/aromatic N) is 2. The number of thiazole rings is 1. The molecule has 27 heavy (non-hydrogen) atoms. The van der Waals surface area contributed by atoms with E-state index in [0.29, 0.717) is 27.6 Å². The first-order valence-electron chi connectivity index (χ1n) is 9.12. The fourth-order valence-corrected chi connectivity index (χ4v) is 4.08. The van der Waals surface area contributed by atoms with E-state index >= 15 is 0 Å². The van der Waals surface area contributed by atoms with Crippen molar-refractivity contribution in [3.8, 4) is 0 Å². The first-order valence-corrected chi connectivity index (χ1v) is 10.4. The Kier molecular flexibility index (Phi) is 6.68. The molecular weight excluding hydrogens is 384 g/mol. The van der Waals surface area contributed by atoms with Gasteiger partial charge in [-0.05, 0) is 49.9 Å². The second-order valence-electron chi connectivity index (χ2n) is 6.55. The number of anilines is 2. The highest BCUT2D eigenvalue weighted by Gasteiger charge is 2.25. The summed E-state index contributed by atoms with van der Waals surface area (Å²) in [4.78, 5) is 31.0. The van der Waals surface area contributed by atoms with Crippen LogP contribution in [0.25, 0.3) is 0 Å². The van der Waals surface area contributed by atoms with Gasteiger partial charge in [0, 0.05) is 28.7 Å². The van der Waals surface area contributed by atoms with Crippen molar-refractivity contribution < 1.29 is 9.59 Å². The average Bonchev–Trinajstić information content (AvgIpc) is 3.10. The summed E-state index contributed by atoms with van der Waals surface area (Å²) in [6.45, 7) is 2.95. The number of urea groups is 1. The lowest BCUT2D eigenvalue weighted by Gasteiger charge is -2.35. The average molecular weight is 407 g/mol. The van der Waals surface area contributed by atoms with Crippen molar-refractivity contribution in [1.29, 1.82) is 0 Å². The van der Waals surface area contributed by atoms with Crippen LogP contribution < -0.4 is 10.6 Å². The minimum absolute atomic E-state index is 0.115. The molecule has 1 aliphatic heterocycles. The highest BCUT2D eigenvalue weighted by molar-refractivity contribution is 7.14. The number of hydrogen-bond acceptors (Lipinski definition) is 4. The minimum atomic E-state index is -0.383. The van der Waals surface area contributed by atoms with Crippen LogP contribution in [0.3, 0.4) is 0 Å². The van der Waals surface area contributed by atoms with Gasteiger partial charge in [0.1, 0.15) is 0 Å². The molecule has 3 rings (SSSR count). The Morgan fingerprint density at radius 2 is 2.04 bits per heavy atom. The lowest BCUT2D eigenvalue weighted by atomic mass is 9.99. The molecule has 1 aromatic carbocycles. The summed E-state index contributed by atoms with van der Waals surface area (Å²) in [7, 11) is 0. The lowest BCUT2D eigenvalue weighted by molar-refractivity contribution is -0.134. The molecule has 0 bridgehead atoms. The molecule has 1 unspecified atom stereocenters. The van der Waals surface area contributed by atoms with E-state index < -0.39 is 0 Å². The predicted molar refractivity (Wildman–Crippen MR) is 110 cm³/mol. The van der Waals surface area contributed by atoms with Crippen LogP contribution in [-0.4, -0.2) is 34.4 Å². The summed E-state index contributed by atoms with van der Waals surface area (Å²) in [5.41, 5.74) is 1.33. The SMILES string of the molecule is CCC1CCCCN1C(=O)Cc1csc(NC(=O)Nc2ccc(Cl)cc2)n1. The van der Waals surface area contributed by atoms with Gasteiger partial charge in [0.25, 0.3) is 0 Å². The van der Waals surface area contributed by atoms with Crippen LogP contribution in [0.5, 0.6) is 0 Å². The molecule has 0 saturated carbocycles. The number of rotatable bonds is 5. The Bertz CT molecular complexity index is 793. The Hall–Kier alpha value is -2.12. The predicted octanol–water partition coefficient (Wildman–Crippen LogP) is 4.77. The van der Waals surface area contributed by atoms with Crippen molar-refractivity contribution in [2.45, 2.75) is 45.1 Å². The van der Waals surface area contributed by atoms with E-state index in [1.54, 1.807) is 24.3 Å². The molecule has 2 aromatic rings.